The van der Waals surface area contributed by atoms with Crippen LogP contribution in [0, 0.1) is 11.8 Å². The Morgan fingerprint density at radius 2 is 1.74 bits per heavy atom. The zero-order valence-electron chi connectivity index (χ0n) is 20.1. The third kappa shape index (κ3) is 5.35. The van der Waals surface area contributed by atoms with E-state index in [0.717, 1.165) is 58.3 Å². The van der Waals surface area contributed by atoms with Crippen molar-refractivity contribution in [1.29, 1.82) is 0 Å². The minimum Gasteiger partial charge on any atom is -0.497 e. The molecule has 0 N–H and O–H groups in total. The number of rotatable bonds is 9. The molecule has 0 atom stereocenters. The molecule has 7 nitrogen and oxygen atoms in total. The first-order chi connectivity index (χ1) is 16.6. The van der Waals surface area contributed by atoms with Gasteiger partial charge in [0.1, 0.15) is 11.5 Å². The number of nitrogens with zero attached hydrogens (tertiary/aromatic N) is 5. The van der Waals surface area contributed by atoms with Gasteiger partial charge in [0, 0.05) is 54.9 Å². The summed E-state index contributed by atoms with van der Waals surface area (Å²) < 4.78 is 13.5. The lowest BCUT2D eigenvalue weighted by atomic mass is 10.1. The van der Waals surface area contributed by atoms with Crippen molar-refractivity contribution in [3.05, 3.63) is 55.0 Å². The summed E-state index contributed by atoms with van der Waals surface area (Å²) in [4.78, 5) is 11.9. The van der Waals surface area contributed by atoms with Crippen LogP contribution < -0.4 is 14.4 Å². The van der Waals surface area contributed by atoms with Crippen LogP contribution in [0.1, 0.15) is 25.7 Å². The molecule has 2 saturated carbocycles. The number of aromatic nitrogens is 4. The van der Waals surface area contributed by atoms with Gasteiger partial charge in [-0.3, -0.25) is 9.67 Å². The maximum atomic E-state index is 6.12. The van der Waals surface area contributed by atoms with Gasteiger partial charge in [0.05, 0.1) is 42.8 Å². The molecule has 2 fully saturated rings. The molecule has 2 heterocycles. The van der Waals surface area contributed by atoms with E-state index in [2.05, 4.69) is 45.3 Å². The van der Waals surface area contributed by atoms with Crippen LogP contribution >= 0.6 is 12.4 Å². The monoisotopic (exact) mass is 491 g/mol. The Balaban J connectivity index is 0.00000253. The highest BCUT2D eigenvalue weighted by molar-refractivity contribution is 5.85. The van der Waals surface area contributed by atoms with Gasteiger partial charge in [0.25, 0.3) is 0 Å². The zero-order chi connectivity index (χ0) is 23.1. The summed E-state index contributed by atoms with van der Waals surface area (Å²) in [5.41, 5.74) is 5.70. The second-order valence-corrected chi connectivity index (χ2v) is 9.51. The van der Waals surface area contributed by atoms with Gasteiger partial charge in [-0.15, -0.1) is 12.4 Å². The van der Waals surface area contributed by atoms with Crippen LogP contribution in [0.5, 0.6) is 11.5 Å². The highest BCUT2D eigenvalue weighted by Gasteiger charge is 2.27. The molecule has 2 aromatic heterocycles. The largest absolute Gasteiger partial charge is 0.497 e. The molecular weight excluding hydrogens is 462 g/mol. The Labute approximate surface area is 211 Å². The summed E-state index contributed by atoms with van der Waals surface area (Å²) in [6.07, 6.45) is 10.7. The van der Waals surface area contributed by atoms with Gasteiger partial charge < -0.3 is 14.4 Å². The van der Waals surface area contributed by atoms with E-state index in [9.17, 15) is 0 Å². The number of benzene rings is 2. The summed E-state index contributed by atoms with van der Waals surface area (Å²) in [5.74, 6) is 3.07. The summed E-state index contributed by atoms with van der Waals surface area (Å²) in [7, 11) is 3.61. The first-order valence-corrected chi connectivity index (χ1v) is 12.0. The van der Waals surface area contributed by atoms with Crippen molar-refractivity contribution in [2.45, 2.75) is 25.7 Å². The summed E-state index contributed by atoms with van der Waals surface area (Å²) in [5, 5.41) is 4.27. The van der Waals surface area contributed by atoms with E-state index >= 15 is 0 Å². The fourth-order valence-corrected chi connectivity index (χ4v) is 4.19. The fourth-order valence-electron chi connectivity index (χ4n) is 4.19. The number of fused-ring (bicyclic) bond motifs is 1. The second kappa shape index (κ2) is 9.74. The molecule has 0 spiro atoms. The lowest BCUT2D eigenvalue weighted by Crippen LogP contribution is -2.20. The van der Waals surface area contributed by atoms with Crippen LogP contribution in [0.15, 0.2) is 55.0 Å². The van der Waals surface area contributed by atoms with Gasteiger partial charge in [0.2, 0.25) is 0 Å². The van der Waals surface area contributed by atoms with E-state index in [0.29, 0.717) is 11.8 Å². The lowest BCUT2D eigenvalue weighted by Gasteiger charge is -2.26. The molecule has 0 radical (unpaired) electrons. The van der Waals surface area contributed by atoms with Gasteiger partial charge in [-0.25, -0.2) is 4.98 Å². The number of aryl methyl sites for hydroxylation is 1. The predicted octanol–water partition coefficient (Wildman–Crippen LogP) is 5.80. The standard InChI is InChI=1S/C27H29N5O2.ClH/c1-31-16-20(13-29-31)27-14-28-25-8-7-21(11-26(25)30-27)32(15-18-3-4-18)22-9-23(33-2)12-24(10-22)34-17-19-5-6-19;/h7-14,16,18-19H,3-6,15,17H2,1-2H3;1H. The van der Waals surface area contributed by atoms with Crippen molar-refractivity contribution in [1.82, 2.24) is 19.7 Å². The molecule has 4 aromatic rings. The number of hydrogen-bond acceptors (Lipinski definition) is 6. The van der Waals surface area contributed by atoms with Crippen molar-refractivity contribution >= 4 is 34.8 Å². The van der Waals surface area contributed by atoms with Crippen LogP contribution in [-0.4, -0.2) is 40.0 Å². The Morgan fingerprint density at radius 3 is 2.46 bits per heavy atom. The lowest BCUT2D eigenvalue weighted by molar-refractivity contribution is 0.297. The molecule has 0 amide bonds. The predicted molar refractivity (Wildman–Crippen MR) is 140 cm³/mol. The average molecular weight is 492 g/mol. The molecule has 8 heteroatoms. The van der Waals surface area contributed by atoms with Gasteiger partial charge in [-0.1, -0.05) is 0 Å². The highest BCUT2D eigenvalue weighted by Crippen LogP contribution is 2.39. The molecule has 182 valence electrons. The SMILES string of the molecule is COc1cc(OCC2CC2)cc(N(CC2CC2)c2ccc3ncc(-c4cnn(C)c4)nc3c2)c1.Cl. The van der Waals surface area contributed by atoms with Crippen LogP contribution in [-0.2, 0) is 7.05 Å². The fraction of sp³-hybridized carbons (Fsp3) is 0.370. The third-order valence-corrected chi connectivity index (χ3v) is 6.57. The van der Waals surface area contributed by atoms with Gasteiger partial charge in [0.15, 0.2) is 0 Å². The smallest absolute Gasteiger partial charge is 0.125 e. The number of methoxy groups -OCH3 is 1. The van der Waals surface area contributed by atoms with Crippen LogP contribution in [0.25, 0.3) is 22.3 Å². The second-order valence-electron chi connectivity index (χ2n) is 9.51. The maximum absolute atomic E-state index is 6.12. The van der Waals surface area contributed by atoms with Crippen LogP contribution in [0.4, 0.5) is 11.4 Å². The molecule has 0 saturated heterocycles. The molecule has 2 aromatic carbocycles. The van der Waals surface area contributed by atoms with E-state index in [1.54, 1.807) is 11.8 Å². The molecule has 6 rings (SSSR count). The summed E-state index contributed by atoms with van der Waals surface area (Å²) in [6, 6.07) is 12.5. The average Bonchev–Trinajstić information content (AvgIpc) is 3.80. The molecule has 0 aliphatic heterocycles. The summed E-state index contributed by atoms with van der Waals surface area (Å²) >= 11 is 0. The minimum absolute atomic E-state index is 0. The van der Waals surface area contributed by atoms with Gasteiger partial charge in [-0.05, 0) is 55.7 Å². The van der Waals surface area contributed by atoms with Gasteiger partial charge >= 0.3 is 0 Å². The molecule has 2 aliphatic rings. The Bertz CT molecular complexity index is 1330. The Hall–Kier alpha value is -3.32. The van der Waals surface area contributed by atoms with E-state index in [-0.39, 0.29) is 12.4 Å². The van der Waals surface area contributed by atoms with Crippen molar-refractivity contribution < 1.29 is 9.47 Å². The number of halogens is 1. The first kappa shape index (κ1) is 23.4. The van der Waals surface area contributed by atoms with E-state index in [4.69, 9.17) is 14.5 Å². The van der Waals surface area contributed by atoms with Gasteiger partial charge in [-0.2, -0.15) is 5.10 Å². The van der Waals surface area contributed by atoms with Crippen molar-refractivity contribution in [2.75, 3.05) is 25.2 Å². The summed E-state index contributed by atoms with van der Waals surface area (Å²) in [6.45, 7) is 1.73. The first-order valence-electron chi connectivity index (χ1n) is 12.0. The topological polar surface area (TPSA) is 65.3 Å². The molecule has 35 heavy (non-hydrogen) atoms. The van der Waals surface area contributed by atoms with Crippen molar-refractivity contribution in [3.8, 4) is 22.8 Å². The highest BCUT2D eigenvalue weighted by atomic mass is 35.5. The van der Waals surface area contributed by atoms with Crippen molar-refractivity contribution in [2.24, 2.45) is 18.9 Å². The van der Waals surface area contributed by atoms with Crippen LogP contribution in [0.3, 0.4) is 0 Å². The third-order valence-electron chi connectivity index (χ3n) is 6.57. The zero-order valence-corrected chi connectivity index (χ0v) is 20.9. The van der Waals surface area contributed by atoms with Crippen molar-refractivity contribution in [3.63, 3.8) is 0 Å². The Morgan fingerprint density at radius 1 is 0.943 bits per heavy atom. The van der Waals surface area contributed by atoms with E-state index in [1.807, 2.05) is 31.7 Å². The van der Waals surface area contributed by atoms with E-state index in [1.165, 1.54) is 25.7 Å². The molecular formula is C27H30ClN5O2. The minimum atomic E-state index is 0. The molecule has 2 aliphatic carbocycles. The quantitative estimate of drug-likeness (QED) is 0.295. The Kier molecular flexibility index (Phi) is 6.52. The number of anilines is 2. The molecule has 0 unspecified atom stereocenters. The van der Waals surface area contributed by atoms with E-state index < -0.39 is 0 Å². The molecule has 0 bridgehead atoms. The van der Waals surface area contributed by atoms with Crippen LogP contribution in [0.2, 0.25) is 0 Å². The number of hydrogen-bond donors (Lipinski definition) is 0. The number of ether oxygens (including phenoxy) is 2. The maximum Gasteiger partial charge on any atom is 0.125 e. The normalized spacial score (nSPS) is 15.0.